The molecule has 2 rings (SSSR count). The predicted octanol–water partition coefficient (Wildman–Crippen LogP) is 3.70. The third-order valence-electron chi connectivity index (χ3n) is 3.77. The molecule has 0 bridgehead atoms. The Labute approximate surface area is 157 Å². The third kappa shape index (κ3) is 6.77. The average molecular weight is 379 g/mol. The van der Waals surface area contributed by atoms with Gasteiger partial charge >= 0.3 is 0 Å². The minimum Gasteiger partial charge on any atom is -0.350 e. The maximum atomic E-state index is 12.1. The second-order valence-corrected chi connectivity index (χ2v) is 6.59. The number of nitrogens with one attached hydrogen (secondary N) is 1. The number of benzene rings is 2. The Bertz CT molecular complexity index is 715. The summed E-state index contributed by atoms with van der Waals surface area (Å²) in [6, 6.07) is 14.7. The minimum atomic E-state index is -0.193. The second-order valence-electron chi connectivity index (χ2n) is 5.72. The van der Waals surface area contributed by atoms with E-state index in [4.69, 9.17) is 23.2 Å². The molecule has 4 nitrogen and oxygen atoms in total. The topological polar surface area (TPSA) is 49.4 Å². The summed E-state index contributed by atoms with van der Waals surface area (Å²) in [5.74, 6) is -0.322. The van der Waals surface area contributed by atoms with E-state index in [0.29, 0.717) is 29.6 Å². The molecule has 1 N–H and O–H groups in total. The number of hydrogen-bond donors (Lipinski definition) is 1. The van der Waals surface area contributed by atoms with Gasteiger partial charge in [0, 0.05) is 30.1 Å². The number of rotatable bonds is 7. The van der Waals surface area contributed by atoms with Crippen molar-refractivity contribution in [2.45, 2.75) is 19.9 Å². The van der Waals surface area contributed by atoms with Gasteiger partial charge in [0.05, 0.1) is 6.54 Å². The molecule has 0 radical (unpaired) electrons. The van der Waals surface area contributed by atoms with Crippen LogP contribution in [0, 0.1) is 0 Å². The van der Waals surface area contributed by atoms with Gasteiger partial charge < -0.3 is 10.2 Å². The summed E-state index contributed by atoms with van der Waals surface area (Å²) in [6.45, 7) is 2.38. The number of carbonyl (C=O) groups is 2. The average Bonchev–Trinajstić information content (AvgIpc) is 2.59. The summed E-state index contributed by atoms with van der Waals surface area (Å²) < 4.78 is 0. The molecule has 6 heteroatoms. The number of amides is 2. The maximum Gasteiger partial charge on any atom is 0.239 e. The summed E-state index contributed by atoms with van der Waals surface area (Å²) >= 11 is 11.7. The molecular weight excluding hydrogens is 359 g/mol. The van der Waals surface area contributed by atoms with Crippen molar-refractivity contribution in [3.8, 4) is 0 Å². The zero-order valence-electron chi connectivity index (χ0n) is 14.0. The quantitative estimate of drug-likeness (QED) is 0.798. The van der Waals surface area contributed by atoms with Gasteiger partial charge in [0.15, 0.2) is 0 Å². The minimum absolute atomic E-state index is 0.0382. The Morgan fingerprint density at radius 1 is 0.920 bits per heavy atom. The highest BCUT2D eigenvalue weighted by atomic mass is 35.5. The van der Waals surface area contributed by atoms with Crippen LogP contribution < -0.4 is 5.32 Å². The highest BCUT2D eigenvalue weighted by Gasteiger charge is 2.13. The molecule has 0 aliphatic heterocycles. The zero-order valence-corrected chi connectivity index (χ0v) is 15.5. The Morgan fingerprint density at radius 2 is 1.44 bits per heavy atom. The smallest absolute Gasteiger partial charge is 0.239 e. The molecule has 0 aliphatic rings. The van der Waals surface area contributed by atoms with Crippen LogP contribution in [0.4, 0.5) is 0 Å². The molecule has 2 aromatic carbocycles. The maximum absolute atomic E-state index is 12.1. The Balaban J connectivity index is 1.83. The summed E-state index contributed by atoms with van der Waals surface area (Å²) in [5.41, 5.74) is 2.02. The van der Waals surface area contributed by atoms with Crippen LogP contribution in [0.2, 0.25) is 10.0 Å². The zero-order chi connectivity index (χ0) is 18.2. The van der Waals surface area contributed by atoms with Crippen molar-refractivity contribution in [2.75, 3.05) is 13.1 Å². The van der Waals surface area contributed by atoms with Crippen LogP contribution in [0.3, 0.4) is 0 Å². The standard InChI is InChI=1S/C19H20Cl2N2O2/c1-14(24)23(11-10-15-2-6-17(20)7-3-15)13-19(25)22-12-16-4-8-18(21)9-5-16/h2-9H,10-13H2,1H3,(H,22,25). The second kappa shape index (κ2) is 9.44. The van der Waals surface area contributed by atoms with Crippen LogP contribution in [0.25, 0.3) is 0 Å². The Kier molecular flexibility index (Phi) is 7.29. The molecule has 0 aliphatic carbocycles. The monoisotopic (exact) mass is 378 g/mol. The number of hydrogen-bond acceptors (Lipinski definition) is 2. The molecule has 0 atom stereocenters. The number of nitrogens with zero attached hydrogens (tertiary/aromatic N) is 1. The molecule has 0 fully saturated rings. The first-order valence-corrected chi connectivity index (χ1v) is 8.71. The van der Waals surface area contributed by atoms with Crippen molar-refractivity contribution >= 4 is 35.0 Å². The number of carbonyl (C=O) groups excluding carboxylic acids is 2. The van der Waals surface area contributed by atoms with Crippen molar-refractivity contribution in [1.82, 2.24) is 10.2 Å². The van der Waals surface area contributed by atoms with E-state index in [-0.39, 0.29) is 18.4 Å². The normalized spacial score (nSPS) is 10.4. The molecule has 0 aromatic heterocycles. The molecule has 25 heavy (non-hydrogen) atoms. The summed E-state index contributed by atoms with van der Waals surface area (Å²) in [6.07, 6.45) is 0.668. The molecule has 0 unspecified atom stereocenters. The van der Waals surface area contributed by atoms with Crippen LogP contribution in [0.1, 0.15) is 18.1 Å². The lowest BCUT2D eigenvalue weighted by atomic mass is 10.1. The van der Waals surface area contributed by atoms with E-state index < -0.39 is 0 Å². The van der Waals surface area contributed by atoms with Crippen LogP contribution in [0.15, 0.2) is 48.5 Å². The fourth-order valence-electron chi connectivity index (χ4n) is 2.30. The highest BCUT2D eigenvalue weighted by molar-refractivity contribution is 6.30. The van der Waals surface area contributed by atoms with Crippen molar-refractivity contribution in [3.63, 3.8) is 0 Å². The lowest BCUT2D eigenvalue weighted by Gasteiger charge is -2.20. The molecule has 132 valence electrons. The Morgan fingerprint density at radius 3 is 1.96 bits per heavy atom. The summed E-state index contributed by atoms with van der Waals surface area (Å²) in [5, 5.41) is 4.14. The third-order valence-corrected chi connectivity index (χ3v) is 4.27. The molecular formula is C19H20Cl2N2O2. The van der Waals surface area contributed by atoms with Gasteiger partial charge in [0.2, 0.25) is 11.8 Å². The SMILES string of the molecule is CC(=O)N(CCc1ccc(Cl)cc1)CC(=O)NCc1ccc(Cl)cc1. The number of halogens is 2. The van der Waals surface area contributed by atoms with Crippen LogP contribution in [-0.2, 0) is 22.6 Å². The van der Waals surface area contributed by atoms with E-state index in [1.165, 1.54) is 11.8 Å². The van der Waals surface area contributed by atoms with Crippen molar-refractivity contribution < 1.29 is 9.59 Å². The summed E-state index contributed by atoms with van der Waals surface area (Å²) in [4.78, 5) is 25.4. The van der Waals surface area contributed by atoms with Gasteiger partial charge in [-0.3, -0.25) is 9.59 Å². The first-order valence-electron chi connectivity index (χ1n) is 7.95. The van der Waals surface area contributed by atoms with E-state index >= 15 is 0 Å². The van der Waals surface area contributed by atoms with Crippen molar-refractivity contribution in [2.24, 2.45) is 0 Å². The molecule has 0 saturated heterocycles. The fraction of sp³-hybridized carbons (Fsp3) is 0.263. The van der Waals surface area contributed by atoms with E-state index in [1.807, 2.05) is 36.4 Å². The van der Waals surface area contributed by atoms with Crippen LogP contribution in [0.5, 0.6) is 0 Å². The van der Waals surface area contributed by atoms with Gasteiger partial charge in [-0.25, -0.2) is 0 Å². The Hall–Kier alpha value is -2.04. The van der Waals surface area contributed by atoms with E-state index in [9.17, 15) is 9.59 Å². The van der Waals surface area contributed by atoms with Crippen molar-refractivity contribution in [1.29, 1.82) is 0 Å². The van der Waals surface area contributed by atoms with Gasteiger partial charge in [-0.2, -0.15) is 0 Å². The van der Waals surface area contributed by atoms with E-state index in [2.05, 4.69) is 5.32 Å². The van der Waals surface area contributed by atoms with Gasteiger partial charge in [-0.05, 0) is 41.8 Å². The van der Waals surface area contributed by atoms with E-state index in [0.717, 1.165) is 11.1 Å². The molecule has 2 aromatic rings. The van der Waals surface area contributed by atoms with Gasteiger partial charge in [0.25, 0.3) is 0 Å². The molecule has 2 amide bonds. The van der Waals surface area contributed by atoms with Gasteiger partial charge in [0.1, 0.15) is 0 Å². The summed E-state index contributed by atoms with van der Waals surface area (Å²) in [7, 11) is 0. The predicted molar refractivity (Wildman–Crippen MR) is 101 cm³/mol. The molecule has 0 spiro atoms. The van der Waals surface area contributed by atoms with E-state index in [1.54, 1.807) is 12.1 Å². The highest BCUT2D eigenvalue weighted by Crippen LogP contribution is 2.11. The lowest BCUT2D eigenvalue weighted by molar-refractivity contribution is -0.134. The van der Waals surface area contributed by atoms with Gasteiger partial charge in [-0.1, -0.05) is 47.5 Å². The van der Waals surface area contributed by atoms with Crippen LogP contribution >= 0.6 is 23.2 Å². The van der Waals surface area contributed by atoms with Gasteiger partial charge in [-0.15, -0.1) is 0 Å². The molecule has 0 heterocycles. The first kappa shape index (κ1) is 19.3. The fourth-order valence-corrected chi connectivity index (χ4v) is 2.55. The lowest BCUT2D eigenvalue weighted by Crippen LogP contribution is -2.40. The van der Waals surface area contributed by atoms with Crippen molar-refractivity contribution in [3.05, 3.63) is 69.7 Å². The molecule has 0 saturated carbocycles. The largest absolute Gasteiger partial charge is 0.350 e. The van der Waals surface area contributed by atoms with Crippen LogP contribution in [-0.4, -0.2) is 29.8 Å². The first-order chi connectivity index (χ1) is 11.9.